The van der Waals surface area contributed by atoms with Gasteiger partial charge in [0.25, 0.3) is 0 Å². The quantitative estimate of drug-likeness (QED) is 0.488. The lowest BCUT2D eigenvalue weighted by molar-refractivity contribution is -0.118. The highest BCUT2D eigenvalue weighted by atomic mass is 16.2. The van der Waals surface area contributed by atoms with Crippen LogP contribution in [0.15, 0.2) is 42.5 Å². The van der Waals surface area contributed by atoms with Crippen LogP contribution in [0.25, 0.3) is 0 Å². The molecule has 1 amide bonds. The Morgan fingerprint density at radius 2 is 1.96 bits per heavy atom. The lowest BCUT2D eigenvalue weighted by Gasteiger charge is -2.18. The second-order valence-corrected chi connectivity index (χ2v) is 5.38. The highest BCUT2D eigenvalue weighted by molar-refractivity contribution is 5.97. The Bertz CT molecular complexity index is 695. The van der Waals surface area contributed by atoms with Crippen LogP contribution in [0.2, 0.25) is 0 Å². The van der Waals surface area contributed by atoms with E-state index in [1.54, 1.807) is 18.2 Å². The van der Waals surface area contributed by atoms with Crippen LogP contribution in [0.3, 0.4) is 0 Å². The van der Waals surface area contributed by atoms with Gasteiger partial charge in [0.1, 0.15) is 6.04 Å². The minimum Gasteiger partial charge on any atom is -0.398 e. The molecule has 2 rings (SSSR count). The Balaban J connectivity index is 2.21. The van der Waals surface area contributed by atoms with Gasteiger partial charge in [0.15, 0.2) is 0 Å². The van der Waals surface area contributed by atoms with Crippen molar-refractivity contribution >= 4 is 23.5 Å². The number of hydrogen-bond acceptors (Lipinski definition) is 4. The van der Waals surface area contributed by atoms with E-state index in [0.29, 0.717) is 23.5 Å². The third-order valence-electron chi connectivity index (χ3n) is 3.59. The van der Waals surface area contributed by atoms with Gasteiger partial charge in [0.05, 0.1) is 0 Å². The summed E-state index contributed by atoms with van der Waals surface area (Å²) in [6.45, 7) is 4.66. The summed E-state index contributed by atoms with van der Waals surface area (Å²) in [5, 5.41) is 13.4. The molecule has 0 heterocycles. The number of nitrogens with two attached hydrogens (primary N) is 1. The summed E-state index contributed by atoms with van der Waals surface area (Å²) in [5.41, 5.74) is 9.55. The fraction of sp³-hybridized carbons (Fsp3) is 0.222. The van der Waals surface area contributed by atoms with E-state index in [-0.39, 0.29) is 5.91 Å². The molecule has 0 saturated carbocycles. The van der Waals surface area contributed by atoms with E-state index < -0.39 is 6.04 Å². The topological polar surface area (TPSA) is 91.0 Å². The van der Waals surface area contributed by atoms with Gasteiger partial charge in [-0.1, -0.05) is 36.8 Å². The van der Waals surface area contributed by atoms with E-state index in [1.165, 1.54) is 6.21 Å². The zero-order chi connectivity index (χ0) is 16.8. The number of benzene rings is 2. The van der Waals surface area contributed by atoms with Crippen molar-refractivity contribution < 1.29 is 4.79 Å². The molecule has 120 valence electrons. The van der Waals surface area contributed by atoms with Crippen molar-refractivity contribution in [2.45, 2.75) is 19.9 Å². The summed E-state index contributed by atoms with van der Waals surface area (Å²) in [7, 11) is 0. The van der Waals surface area contributed by atoms with Gasteiger partial charge in [-0.3, -0.25) is 4.79 Å². The second kappa shape index (κ2) is 7.56. The second-order valence-electron chi connectivity index (χ2n) is 5.38. The predicted octanol–water partition coefficient (Wildman–Crippen LogP) is 2.86. The fourth-order valence-corrected chi connectivity index (χ4v) is 2.32. The van der Waals surface area contributed by atoms with E-state index in [0.717, 1.165) is 11.1 Å². The molecule has 5 heteroatoms. The highest BCUT2D eigenvalue weighted by Crippen LogP contribution is 2.19. The van der Waals surface area contributed by atoms with Gasteiger partial charge in [0.2, 0.25) is 5.91 Å². The Hall–Kier alpha value is -2.66. The van der Waals surface area contributed by atoms with Crippen LogP contribution in [-0.4, -0.2) is 18.7 Å². The van der Waals surface area contributed by atoms with Crippen LogP contribution in [0.1, 0.15) is 29.7 Å². The minimum absolute atomic E-state index is 0.142. The molecule has 0 saturated heterocycles. The molecule has 2 aromatic rings. The standard InChI is InChI=1S/C18H22N4O/c1-3-21-17(13-6-4-12(2)5-7-13)18(23)22-15-8-9-16(20)14(10-15)11-19/h4-11,17,19,21H,3,20H2,1-2H3,(H,22,23). The zero-order valence-electron chi connectivity index (χ0n) is 13.4. The molecule has 0 spiro atoms. The van der Waals surface area contributed by atoms with E-state index in [2.05, 4.69) is 10.6 Å². The van der Waals surface area contributed by atoms with Crippen molar-refractivity contribution in [1.29, 1.82) is 5.41 Å². The van der Waals surface area contributed by atoms with Gasteiger partial charge >= 0.3 is 0 Å². The molecule has 0 aliphatic rings. The van der Waals surface area contributed by atoms with Crippen molar-refractivity contribution in [2.75, 3.05) is 17.6 Å². The van der Waals surface area contributed by atoms with Crippen LogP contribution in [-0.2, 0) is 4.79 Å². The fourth-order valence-electron chi connectivity index (χ4n) is 2.32. The number of nitrogens with one attached hydrogen (secondary N) is 3. The molecule has 0 aliphatic carbocycles. The predicted molar refractivity (Wildman–Crippen MR) is 95.0 cm³/mol. The van der Waals surface area contributed by atoms with Crippen LogP contribution in [0.4, 0.5) is 11.4 Å². The van der Waals surface area contributed by atoms with Crippen molar-refractivity contribution in [3.63, 3.8) is 0 Å². The van der Waals surface area contributed by atoms with Crippen LogP contribution in [0, 0.1) is 12.3 Å². The SMILES string of the molecule is CCNC(C(=O)Nc1ccc(N)c(C=N)c1)c1ccc(C)cc1. The van der Waals surface area contributed by atoms with Crippen LogP contribution < -0.4 is 16.4 Å². The number of nitrogen functional groups attached to an aromatic ring is 1. The van der Waals surface area contributed by atoms with Gasteiger partial charge in [-0.15, -0.1) is 0 Å². The van der Waals surface area contributed by atoms with Crippen LogP contribution in [0.5, 0.6) is 0 Å². The first-order valence-corrected chi connectivity index (χ1v) is 7.56. The molecule has 5 N–H and O–H groups in total. The summed E-state index contributed by atoms with van der Waals surface area (Å²) in [6.07, 6.45) is 1.17. The lowest BCUT2D eigenvalue weighted by atomic mass is 10.0. The first-order chi connectivity index (χ1) is 11.0. The number of amides is 1. The number of rotatable bonds is 6. The summed E-state index contributed by atoms with van der Waals surface area (Å²) < 4.78 is 0. The maximum atomic E-state index is 12.6. The Kier molecular flexibility index (Phi) is 5.49. The third kappa shape index (κ3) is 4.17. The van der Waals surface area contributed by atoms with E-state index in [9.17, 15) is 4.79 Å². The van der Waals surface area contributed by atoms with Crippen molar-refractivity contribution in [1.82, 2.24) is 5.32 Å². The number of aryl methyl sites for hydroxylation is 1. The summed E-state index contributed by atoms with van der Waals surface area (Å²) in [4.78, 5) is 12.6. The van der Waals surface area contributed by atoms with Gasteiger partial charge in [0, 0.05) is 23.2 Å². The minimum atomic E-state index is -0.429. The van der Waals surface area contributed by atoms with Crippen molar-refractivity contribution in [2.24, 2.45) is 0 Å². The molecule has 0 fully saturated rings. The molecule has 23 heavy (non-hydrogen) atoms. The summed E-state index contributed by atoms with van der Waals surface area (Å²) in [6, 6.07) is 12.6. The molecular weight excluding hydrogens is 288 g/mol. The maximum Gasteiger partial charge on any atom is 0.246 e. The van der Waals surface area contributed by atoms with Crippen LogP contribution >= 0.6 is 0 Å². The van der Waals surface area contributed by atoms with Crippen molar-refractivity contribution in [3.8, 4) is 0 Å². The first kappa shape index (κ1) is 16.7. The molecular formula is C18H22N4O. The molecule has 1 unspecified atom stereocenters. The Labute approximate surface area is 136 Å². The van der Waals surface area contributed by atoms with Crippen molar-refractivity contribution in [3.05, 3.63) is 59.2 Å². The Morgan fingerprint density at radius 3 is 2.57 bits per heavy atom. The van der Waals surface area contributed by atoms with E-state index >= 15 is 0 Å². The summed E-state index contributed by atoms with van der Waals surface area (Å²) >= 11 is 0. The van der Waals surface area contributed by atoms with E-state index in [1.807, 2.05) is 38.1 Å². The number of carbonyl (C=O) groups is 1. The molecule has 0 bridgehead atoms. The average molecular weight is 310 g/mol. The number of anilines is 2. The molecule has 0 aliphatic heterocycles. The molecule has 5 nitrogen and oxygen atoms in total. The monoisotopic (exact) mass is 310 g/mol. The third-order valence-corrected chi connectivity index (χ3v) is 3.59. The van der Waals surface area contributed by atoms with Gasteiger partial charge in [-0.05, 0) is 37.2 Å². The largest absolute Gasteiger partial charge is 0.398 e. The number of likely N-dealkylation sites (N-methyl/N-ethyl adjacent to an activating group) is 1. The van der Waals surface area contributed by atoms with Gasteiger partial charge < -0.3 is 21.8 Å². The molecule has 0 aromatic heterocycles. The molecule has 2 aromatic carbocycles. The zero-order valence-corrected chi connectivity index (χ0v) is 13.4. The summed E-state index contributed by atoms with van der Waals surface area (Å²) in [5.74, 6) is -0.142. The van der Waals surface area contributed by atoms with Gasteiger partial charge in [-0.2, -0.15) is 0 Å². The lowest BCUT2D eigenvalue weighted by Crippen LogP contribution is -2.33. The highest BCUT2D eigenvalue weighted by Gasteiger charge is 2.19. The smallest absolute Gasteiger partial charge is 0.246 e. The molecule has 1 atom stereocenters. The number of hydrogen-bond donors (Lipinski definition) is 4. The van der Waals surface area contributed by atoms with Gasteiger partial charge in [-0.25, -0.2) is 0 Å². The number of carbonyl (C=O) groups excluding carboxylic acids is 1. The molecule has 0 radical (unpaired) electrons. The Morgan fingerprint density at radius 1 is 1.26 bits per heavy atom. The van der Waals surface area contributed by atoms with E-state index in [4.69, 9.17) is 11.1 Å². The maximum absolute atomic E-state index is 12.6. The first-order valence-electron chi connectivity index (χ1n) is 7.56. The normalized spacial score (nSPS) is 11.7. The average Bonchev–Trinajstić information content (AvgIpc) is 2.55.